The van der Waals surface area contributed by atoms with E-state index in [0.717, 1.165) is 55.9 Å². The van der Waals surface area contributed by atoms with Gasteiger partial charge in [0.15, 0.2) is 0 Å². The highest BCUT2D eigenvalue weighted by Gasteiger charge is 2.19. The van der Waals surface area contributed by atoms with Crippen molar-refractivity contribution in [2.45, 2.75) is 19.3 Å². The van der Waals surface area contributed by atoms with Crippen molar-refractivity contribution in [2.75, 3.05) is 26.2 Å². The highest BCUT2D eigenvalue weighted by molar-refractivity contribution is 6.30. The predicted molar refractivity (Wildman–Crippen MR) is 95.8 cm³/mol. The van der Waals surface area contributed by atoms with Crippen molar-refractivity contribution < 1.29 is 14.4 Å². The van der Waals surface area contributed by atoms with Crippen molar-refractivity contribution in [3.8, 4) is 11.3 Å². The van der Waals surface area contributed by atoms with Crippen molar-refractivity contribution in [3.05, 3.63) is 41.1 Å². The van der Waals surface area contributed by atoms with Gasteiger partial charge >= 0.3 is 6.09 Å². The van der Waals surface area contributed by atoms with E-state index in [1.807, 2.05) is 30.3 Å². The van der Waals surface area contributed by atoms with Gasteiger partial charge in [0.05, 0.1) is 0 Å². The van der Waals surface area contributed by atoms with Crippen LogP contribution in [0.25, 0.3) is 11.3 Å². The van der Waals surface area contributed by atoms with Crippen LogP contribution in [-0.2, 0) is 6.42 Å². The van der Waals surface area contributed by atoms with Crippen molar-refractivity contribution in [1.82, 2.24) is 15.4 Å². The summed E-state index contributed by atoms with van der Waals surface area (Å²) in [4.78, 5) is 12.9. The molecule has 0 unspecified atom stereocenters. The maximum atomic E-state index is 10.5. The molecule has 2 heterocycles. The zero-order valence-electron chi connectivity index (χ0n) is 13.9. The summed E-state index contributed by atoms with van der Waals surface area (Å²) in [5.41, 5.74) is 1.82. The van der Waals surface area contributed by atoms with E-state index in [4.69, 9.17) is 21.2 Å². The molecule has 1 aromatic heterocycles. The number of hydrogen-bond donors (Lipinski definition) is 2. The van der Waals surface area contributed by atoms with Gasteiger partial charge < -0.3 is 19.8 Å². The van der Waals surface area contributed by atoms with E-state index < -0.39 is 6.09 Å². The van der Waals surface area contributed by atoms with Gasteiger partial charge in [-0.25, -0.2) is 4.79 Å². The monoisotopic (exact) mass is 363 g/mol. The lowest BCUT2D eigenvalue weighted by Crippen LogP contribution is -2.39. The molecule has 2 N–H and O–H groups in total. The zero-order valence-corrected chi connectivity index (χ0v) is 14.7. The zero-order chi connectivity index (χ0) is 17.6. The molecule has 0 aliphatic carbocycles. The molecule has 2 aromatic rings. The Morgan fingerprint density at radius 2 is 2.04 bits per heavy atom. The van der Waals surface area contributed by atoms with Gasteiger partial charge in [0.25, 0.3) is 0 Å². The molecule has 3 rings (SSSR count). The number of halogens is 1. The summed E-state index contributed by atoms with van der Waals surface area (Å²) in [6, 6.07) is 9.52. The Morgan fingerprint density at radius 1 is 1.32 bits per heavy atom. The third kappa shape index (κ3) is 5.21. The summed E-state index contributed by atoms with van der Waals surface area (Å²) in [5.74, 6) is 1.31. The summed E-state index contributed by atoms with van der Waals surface area (Å²) < 4.78 is 5.44. The quantitative estimate of drug-likeness (QED) is 0.821. The number of likely N-dealkylation sites (tertiary alicyclic amines) is 1. The maximum absolute atomic E-state index is 10.5. The predicted octanol–water partition coefficient (Wildman–Crippen LogP) is 3.52. The molecule has 1 fully saturated rings. The number of nitrogens with zero attached hydrogens (tertiary/aromatic N) is 2. The summed E-state index contributed by atoms with van der Waals surface area (Å²) in [5, 5.41) is 16.0. The van der Waals surface area contributed by atoms with Gasteiger partial charge in [-0.3, -0.25) is 0 Å². The summed E-state index contributed by atoms with van der Waals surface area (Å²) in [6.45, 7) is 3.46. The first-order valence-corrected chi connectivity index (χ1v) is 8.88. The summed E-state index contributed by atoms with van der Waals surface area (Å²) >= 11 is 5.90. The topological polar surface area (TPSA) is 78.6 Å². The van der Waals surface area contributed by atoms with Crippen LogP contribution < -0.4 is 5.32 Å². The molecular weight excluding hydrogens is 342 g/mol. The van der Waals surface area contributed by atoms with Gasteiger partial charge in [0.1, 0.15) is 11.5 Å². The average molecular weight is 364 g/mol. The third-order valence-corrected chi connectivity index (χ3v) is 4.87. The van der Waals surface area contributed by atoms with E-state index in [0.29, 0.717) is 17.5 Å². The second-order valence-electron chi connectivity index (χ2n) is 6.41. The molecule has 1 amide bonds. The smallest absolute Gasteiger partial charge is 0.404 e. The largest absolute Gasteiger partial charge is 0.465 e. The number of hydrogen-bond acceptors (Lipinski definition) is 4. The van der Waals surface area contributed by atoms with E-state index in [9.17, 15) is 4.79 Å². The van der Waals surface area contributed by atoms with Crippen molar-refractivity contribution >= 4 is 17.7 Å². The van der Waals surface area contributed by atoms with Crippen LogP contribution in [0.3, 0.4) is 0 Å². The molecule has 0 saturated carbocycles. The minimum atomic E-state index is -0.941. The Morgan fingerprint density at radius 3 is 2.72 bits per heavy atom. The van der Waals surface area contributed by atoms with Crippen molar-refractivity contribution in [3.63, 3.8) is 0 Å². The van der Waals surface area contributed by atoms with Crippen molar-refractivity contribution in [2.24, 2.45) is 5.92 Å². The molecule has 25 heavy (non-hydrogen) atoms. The Balaban J connectivity index is 1.44. The minimum Gasteiger partial charge on any atom is -0.465 e. The van der Waals surface area contributed by atoms with Crippen LogP contribution in [0.15, 0.2) is 34.9 Å². The fourth-order valence-corrected chi connectivity index (χ4v) is 3.23. The molecule has 1 aliphatic heterocycles. The van der Waals surface area contributed by atoms with E-state index >= 15 is 0 Å². The second-order valence-corrected chi connectivity index (χ2v) is 6.84. The summed E-state index contributed by atoms with van der Waals surface area (Å²) in [6.07, 6.45) is 1.92. The van der Waals surface area contributed by atoms with E-state index in [1.54, 1.807) is 0 Å². The van der Waals surface area contributed by atoms with Crippen LogP contribution >= 0.6 is 11.6 Å². The molecule has 6 nitrogen and oxygen atoms in total. The van der Waals surface area contributed by atoms with Gasteiger partial charge in [-0.2, -0.15) is 0 Å². The molecule has 1 aliphatic rings. The molecule has 0 atom stereocenters. The Labute approximate surface area is 151 Å². The molecule has 0 bridgehead atoms. The highest BCUT2D eigenvalue weighted by atomic mass is 35.5. The molecule has 134 valence electrons. The van der Waals surface area contributed by atoms with Crippen molar-refractivity contribution in [1.29, 1.82) is 0 Å². The van der Waals surface area contributed by atoms with Crippen LogP contribution in [0.5, 0.6) is 0 Å². The van der Waals surface area contributed by atoms with Gasteiger partial charge in [-0.1, -0.05) is 28.9 Å². The van der Waals surface area contributed by atoms with Crippen LogP contribution in [0.2, 0.25) is 5.02 Å². The fourth-order valence-electron chi connectivity index (χ4n) is 3.10. The van der Waals surface area contributed by atoms with Gasteiger partial charge in [0, 0.05) is 36.2 Å². The van der Waals surface area contributed by atoms with Crippen LogP contribution in [0.1, 0.15) is 18.6 Å². The molecule has 1 saturated heterocycles. The third-order valence-electron chi connectivity index (χ3n) is 4.62. The lowest BCUT2D eigenvalue weighted by atomic mass is 9.96. The normalized spacial score (nSPS) is 16.0. The van der Waals surface area contributed by atoms with E-state index in [1.165, 1.54) is 0 Å². The number of aromatic nitrogens is 1. The minimum absolute atomic E-state index is 0.439. The highest BCUT2D eigenvalue weighted by Crippen LogP contribution is 2.22. The number of rotatable bonds is 6. The first kappa shape index (κ1) is 17.8. The second kappa shape index (κ2) is 8.36. The fraction of sp³-hybridized carbons (Fsp3) is 0.444. The van der Waals surface area contributed by atoms with E-state index in [-0.39, 0.29) is 0 Å². The number of piperidine rings is 1. The maximum Gasteiger partial charge on any atom is 0.404 e. The molecule has 0 spiro atoms. The lowest BCUT2D eigenvalue weighted by molar-refractivity contribution is 0.169. The van der Waals surface area contributed by atoms with Gasteiger partial charge in [0.2, 0.25) is 0 Å². The standard InChI is InChI=1S/C18H22ClN3O3/c19-15-3-1-14(2-4-15)17-11-16(25-21-17)7-10-22-8-5-13(6-9-22)12-20-18(23)24/h1-4,11,13,20H,5-10,12H2,(H,23,24). The van der Waals surface area contributed by atoms with Gasteiger partial charge in [-0.05, 0) is 44.0 Å². The van der Waals surface area contributed by atoms with E-state index in [2.05, 4.69) is 15.4 Å². The molecule has 1 aromatic carbocycles. The number of carbonyl (C=O) groups is 1. The Bertz CT molecular complexity index is 694. The Kier molecular flexibility index (Phi) is 5.94. The Hall–Kier alpha value is -2.05. The number of benzene rings is 1. The lowest BCUT2D eigenvalue weighted by Gasteiger charge is -2.31. The first-order valence-electron chi connectivity index (χ1n) is 8.51. The molecular formula is C18H22ClN3O3. The number of amides is 1. The van der Waals surface area contributed by atoms with Crippen LogP contribution in [0, 0.1) is 5.92 Å². The SMILES string of the molecule is O=C(O)NCC1CCN(CCc2cc(-c3ccc(Cl)cc3)no2)CC1. The number of nitrogens with one attached hydrogen (secondary N) is 1. The average Bonchev–Trinajstić information content (AvgIpc) is 3.08. The molecule has 0 radical (unpaired) electrons. The summed E-state index contributed by atoms with van der Waals surface area (Å²) in [7, 11) is 0. The van der Waals surface area contributed by atoms with Gasteiger partial charge in [-0.15, -0.1) is 0 Å². The first-order chi connectivity index (χ1) is 12.1. The number of carboxylic acid groups (broad SMARTS) is 1. The van der Waals surface area contributed by atoms with Crippen LogP contribution in [0.4, 0.5) is 4.79 Å². The molecule has 7 heteroatoms. The van der Waals surface area contributed by atoms with Crippen LogP contribution in [-0.4, -0.2) is 47.4 Å².